The first-order valence-electron chi connectivity index (χ1n) is 8.20. The molecule has 0 bridgehead atoms. The summed E-state index contributed by atoms with van der Waals surface area (Å²) in [6.07, 6.45) is 1.53. The highest BCUT2D eigenvalue weighted by Crippen LogP contribution is 2.30. The van der Waals surface area contributed by atoms with Crippen molar-refractivity contribution in [3.8, 4) is 11.5 Å². The van der Waals surface area contributed by atoms with E-state index in [4.69, 9.17) is 25.8 Å². The molecule has 28 heavy (non-hydrogen) atoms. The summed E-state index contributed by atoms with van der Waals surface area (Å²) < 4.78 is 15.9. The Kier molecular flexibility index (Phi) is 5.60. The summed E-state index contributed by atoms with van der Waals surface area (Å²) in [5.41, 5.74) is 0.682. The molecule has 8 nitrogen and oxygen atoms in total. The molecular formula is C19H15ClN2O6. The quantitative estimate of drug-likeness (QED) is 0.313. The fourth-order valence-corrected chi connectivity index (χ4v) is 2.71. The number of nitro benzene ring substituents is 1. The second-order valence-electron chi connectivity index (χ2n) is 5.60. The van der Waals surface area contributed by atoms with Crippen LogP contribution in [0.2, 0.25) is 5.02 Å². The topological polar surface area (TPSA) is 100 Å². The Balaban J connectivity index is 1.94. The fourth-order valence-electron chi connectivity index (χ4n) is 2.52. The van der Waals surface area contributed by atoms with Gasteiger partial charge in [0.05, 0.1) is 18.6 Å². The molecule has 0 unspecified atom stereocenters. The van der Waals surface area contributed by atoms with Gasteiger partial charge in [0.2, 0.25) is 5.90 Å². The summed E-state index contributed by atoms with van der Waals surface area (Å²) in [7, 11) is 1.52. The van der Waals surface area contributed by atoms with Crippen molar-refractivity contribution < 1.29 is 23.9 Å². The number of methoxy groups -OCH3 is 1. The molecule has 0 radical (unpaired) electrons. The molecule has 9 heteroatoms. The Hall–Kier alpha value is -3.39. The molecule has 0 aromatic heterocycles. The minimum atomic E-state index is -0.666. The molecule has 0 saturated heterocycles. The normalized spacial score (nSPS) is 14.6. The average Bonchev–Trinajstić information content (AvgIpc) is 3.03. The number of esters is 1. The standard InChI is InChI=1S/C19H15ClN2O6/c1-3-27-16-7-4-11(9-17(16)26-2)8-14-19(23)28-18(21-14)12-5-6-13(20)15(10-12)22(24)25/h4-10H,3H2,1-2H3. The number of halogens is 1. The second kappa shape index (κ2) is 8.10. The van der Waals surface area contributed by atoms with Crippen molar-refractivity contribution in [2.75, 3.05) is 13.7 Å². The van der Waals surface area contributed by atoms with Gasteiger partial charge in [0.1, 0.15) is 5.02 Å². The monoisotopic (exact) mass is 402 g/mol. The van der Waals surface area contributed by atoms with E-state index in [2.05, 4.69) is 4.99 Å². The molecule has 0 amide bonds. The van der Waals surface area contributed by atoms with Crippen molar-refractivity contribution in [3.63, 3.8) is 0 Å². The highest BCUT2D eigenvalue weighted by molar-refractivity contribution is 6.32. The first-order valence-corrected chi connectivity index (χ1v) is 8.58. The van der Waals surface area contributed by atoms with Gasteiger partial charge < -0.3 is 14.2 Å². The van der Waals surface area contributed by atoms with Crippen LogP contribution in [0.5, 0.6) is 11.5 Å². The Morgan fingerprint density at radius 2 is 2.04 bits per heavy atom. The first kappa shape index (κ1) is 19.4. The zero-order valence-electron chi connectivity index (χ0n) is 15.0. The molecule has 1 heterocycles. The predicted octanol–water partition coefficient (Wildman–Crippen LogP) is 4.00. The van der Waals surface area contributed by atoms with Crippen molar-refractivity contribution >= 4 is 35.2 Å². The molecule has 0 saturated carbocycles. The van der Waals surface area contributed by atoms with Gasteiger partial charge in [0.25, 0.3) is 5.69 Å². The molecule has 2 aromatic carbocycles. The van der Waals surface area contributed by atoms with Crippen LogP contribution in [0.1, 0.15) is 18.1 Å². The minimum Gasteiger partial charge on any atom is -0.493 e. The summed E-state index contributed by atoms with van der Waals surface area (Å²) >= 11 is 5.80. The molecule has 1 aliphatic rings. The van der Waals surface area contributed by atoms with Gasteiger partial charge in [0.15, 0.2) is 17.2 Å². The number of nitrogens with zero attached hydrogens (tertiary/aromatic N) is 2. The van der Waals surface area contributed by atoms with Gasteiger partial charge in [-0.2, -0.15) is 0 Å². The van der Waals surface area contributed by atoms with Crippen molar-refractivity contribution in [1.82, 2.24) is 0 Å². The minimum absolute atomic E-state index is 0.0177. The Labute approximate surface area is 165 Å². The third-order valence-electron chi connectivity index (χ3n) is 3.80. The lowest BCUT2D eigenvalue weighted by atomic mass is 10.1. The number of ether oxygens (including phenoxy) is 3. The van der Waals surface area contributed by atoms with Crippen molar-refractivity contribution in [2.24, 2.45) is 4.99 Å². The maximum Gasteiger partial charge on any atom is 0.363 e. The summed E-state index contributed by atoms with van der Waals surface area (Å²) in [5, 5.41) is 11.0. The van der Waals surface area contributed by atoms with Gasteiger partial charge in [-0.25, -0.2) is 9.79 Å². The summed E-state index contributed by atoms with van der Waals surface area (Å²) in [5.74, 6) is 0.397. The fraction of sp³-hybridized carbons (Fsp3) is 0.158. The molecule has 0 N–H and O–H groups in total. The van der Waals surface area contributed by atoms with Crippen molar-refractivity contribution in [3.05, 3.63) is 68.4 Å². The van der Waals surface area contributed by atoms with E-state index in [1.54, 1.807) is 18.2 Å². The highest BCUT2D eigenvalue weighted by Gasteiger charge is 2.26. The van der Waals surface area contributed by atoms with Crippen LogP contribution in [-0.2, 0) is 9.53 Å². The van der Waals surface area contributed by atoms with E-state index in [0.29, 0.717) is 23.7 Å². The van der Waals surface area contributed by atoms with E-state index in [1.807, 2.05) is 6.92 Å². The number of aliphatic imine (C=N–C) groups is 1. The van der Waals surface area contributed by atoms with Gasteiger partial charge in [-0.05, 0) is 42.8 Å². The molecule has 3 rings (SSSR count). The zero-order valence-corrected chi connectivity index (χ0v) is 15.7. The molecule has 1 aliphatic heterocycles. The van der Waals surface area contributed by atoms with E-state index < -0.39 is 10.9 Å². The van der Waals surface area contributed by atoms with Crippen LogP contribution in [-0.4, -0.2) is 30.5 Å². The molecule has 144 valence electrons. The van der Waals surface area contributed by atoms with Gasteiger partial charge >= 0.3 is 5.97 Å². The van der Waals surface area contributed by atoms with Gasteiger partial charge in [0, 0.05) is 11.6 Å². The lowest BCUT2D eigenvalue weighted by Crippen LogP contribution is -2.06. The Bertz CT molecular complexity index is 1020. The van der Waals surface area contributed by atoms with E-state index in [9.17, 15) is 14.9 Å². The predicted molar refractivity (Wildman–Crippen MR) is 103 cm³/mol. The Morgan fingerprint density at radius 1 is 1.25 bits per heavy atom. The van der Waals surface area contributed by atoms with Crippen LogP contribution in [0.3, 0.4) is 0 Å². The Morgan fingerprint density at radius 3 is 2.71 bits per heavy atom. The number of benzene rings is 2. The number of hydrogen-bond donors (Lipinski definition) is 0. The lowest BCUT2D eigenvalue weighted by Gasteiger charge is -2.09. The molecule has 0 aliphatic carbocycles. The number of carbonyl (C=O) groups excluding carboxylic acids is 1. The zero-order chi connectivity index (χ0) is 20.3. The maximum atomic E-state index is 12.2. The number of cyclic esters (lactones) is 1. The van der Waals surface area contributed by atoms with Crippen LogP contribution in [0.4, 0.5) is 5.69 Å². The van der Waals surface area contributed by atoms with Crippen LogP contribution < -0.4 is 9.47 Å². The smallest absolute Gasteiger partial charge is 0.363 e. The van der Waals surface area contributed by atoms with Gasteiger partial charge in [-0.15, -0.1) is 0 Å². The first-order chi connectivity index (χ1) is 13.4. The van der Waals surface area contributed by atoms with Crippen molar-refractivity contribution in [2.45, 2.75) is 6.92 Å². The summed E-state index contributed by atoms with van der Waals surface area (Å²) in [4.78, 5) is 26.7. The number of nitro groups is 1. The summed E-state index contributed by atoms with van der Waals surface area (Å²) in [6, 6.07) is 9.22. The van der Waals surface area contributed by atoms with Crippen LogP contribution in [0, 0.1) is 10.1 Å². The van der Waals surface area contributed by atoms with E-state index in [1.165, 1.54) is 31.4 Å². The SMILES string of the molecule is CCOc1ccc(C=C2N=C(c3ccc(Cl)c([N+](=O)[O-])c3)OC2=O)cc1OC. The molecule has 0 fully saturated rings. The van der Waals surface area contributed by atoms with E-state index in [0.717, 1.165) is 0 Å². The van der Waals surface area contributed by atoms with E-state index in [-0.39, 0.29) is 27.9 Å². The van der Waals surface area contributed by atoms with E-state index >= 15 is 0 Å². The number of hydrogen-bond acceptors (Lipinski definition) is 7. The number of rotatable bonds is 6. The average molecular weight is 403 g/mol. The maximum absolute atomic E-state index is 12.2. The highest BCUT2D eigenvalue weighted by atomic mass is 35.5. The van der Waals surface area contributed by atoms with Crippen LogP contribution in [0.25, 0.3) is 6.08 Å². The molecular weight excluding hydrogens is 388 g/mol. The molecule has 0 atom stereocenters. The second-order valence-corrected chi connectivity index (χ2v) is 6.01. The largest absolute Gasteiger partial charge is 0.493 e. The lowest BCUT2D eigenvalue weighted by molar-refractivity contribution is -0.384. The third-order valence-corrected chi connectivity index (χ3v) is 4.12. The molecule has 0 spiro atoms. The molecule has 2 aromatic rings. The summed E-state index contributed by atoms with van der Waals surface area (Å²) in [6.45, 7) is 2.35. The van der Waals surface area contributed by atoms with Gasteiger partial charge in [-0.3, -0.25) is 10.1 Å². The van der Waals surface area contributed by atoms with Gasteiger partial charge in [-0.1, -0.05) is 17.7 Å². The van der Waals surface area contributed by atoms with Crippen LogP contribution in [0.15, 0.2) is 47.1 Å². The van der Waals surface area contributed by atoms with Crippen molar-refractivity contribution in [1.29, 1.82) is 0 Å². The van der Waals surface area contributed by atoms with Crippen LogP contribution >= 0.6 is 11.6 Å². The third kappa shape index (κ3) is 3.96. The number of carbonyl (C=O) groups is 1.